The van der Waals surface area contributed by atoms with E-state index in [9.17, 15) is 18.2 Å². The fourth-order valence-electron chi connectivity index (χ4n) is 3.52. The molecule has 29 heavy (non-hydrogen) atoms. The van der Waals surface area contributed by atoms with Gasteiger partial charge in [0.2, 0.25) is 5.91 Å². The van der Waals surface area contributed by atoms with E-state index in [2.05, 4.69) is 5.32 Å². The van der Waals surface area contributed by atoms with Crippen LogP contribution in [0.4, 0.5) is 4.39 Å². The highest BCUT2D eigenvalue weighted by molar-refractivity contribution is 7.84. The lowest BCUT2D eigenvalue weighted by Crippen LogP contribution is -2.26. The van der Waals surface area contributed by atoms with Crippen LogP contribution in [0.2, 0.25) is 0 Å². The minimum absolute atomic E-state index is 0.0624. The number of benzene rings is 2. The third-order valence-electron chi connectivity index (χ3n) is 4.96. The van der Waals surface area contributed by atoms with Crippen LogP contribution < -0.4 is 5.32 Å². The number of aliphatic hydroxyl groups is 1. The predicted octanol–water partition coefficient (Wildman–Crippen LogP) is 2.62. The van der Waals surface area contributed by atoms with Crippen molar-refractivity contribution in [1.82, 2.24) is 5.32 Å². The van der Waals surface area contributed by atoms with Gasteiger partial charge >= 0.3 is 0 Å². The minimum atomic E-state index is -1.15. The Hall–Kier alpha value is -2.64. The van der Waals surface area contributed by atoms with E-state index in [0.717, 1.165) is 5.57 Å². The minimum Gasteiger partial charge on any atom is -0.395 e. The lowest BCUT2D eigenvalue weighted by Gasteiger charge is -2.11. The maximum atomic E-state index is 14.4. The molecule has 2 aromatic carbocycles. The number of amides is 1. The normalized spacial score (nSPS) is 13.9. The summed E-state index contributed by atoms with van der Waals surface area (Å²) in [4.78, 5) is 25.7. The van der Waals surface area contributed by atoms with E-state index in [-0.39, 0.29) is 36.8 Å². The van der Waals surface area contributed by atoms with Crippen molar-refractivity contribution in [3.8, 4) is 0 Å². The van der Waals surface area contributed by atoms with Gasteiger partial charge in [-0.2, -0.15) is 0 Å². The van der Waals surface area contributed by atoms with Crippen LogP contribution in [0.25, 0.3) is 5.57 Å². The molecule has 0 heterocycles. The van der Waals surface area contributed by atoms with E-state index in [1.807, 2.05) is 6.92 Å². The van der Waals surface area contributed by atoms with Crippen molar-refractivity contribution in [2.75, 3.05) is 19.4 Å². The van der Waals surface area contributed by atoms with Gasteiger partial charge in [-0.15, -0.1) is 0 Å². The summed E-state index contributed by atoms with van der Waals surface area (Å²) in [5.41, 5.74) is 3.57. The summed E-state index contributed by atoms with van der Waals surface area (Å²) in [6.07, 6.45) is 2.09. The fourth-order valence-corrected chi connectivity index (χ4v) is 4.04. The number of hydrogen-bond donors (Lipinski definition) is 2. The molecule has 2 aromatic rings. The number of carbonyl (C=O) groups is 2. The Morgan fingerprint density at radius 3 is 2.52 bits per heavy atom. The van der Waals surface area contributed by atoms with Crippen LogP contribution in [-0.4, -0.2) is 40.4 Å². The van der Waals surface area contributed by atoms with Gasteiger partial charge in [-0.3, -0.25) is 13.8 Å². The number of allylic oxidation sites excluding steroid dienone is 1. The predicted molar refractivity (Wildman–Crippen MR) is 110 cm³/mol. The van der Waals surface area contributed by atoms with Gasteiger partial charge < -0.3 is 10.4 Å². The molecule has 0 spiro atoms. The van der Waals surface area contributed by atoms with Crippen molar-refractivity contribution in [2.45, 2.75) is 24.7 Å². The van der Waals surface area contributed by atoms with Crippen LogP contribution >= 0.6 is 0 Å². The summed E-state index contributed by atoms with van der Waals surface area (Å²) in [6, 6.07) is 9.03. The van der Waals surface area contributed by atoms with Crippen LogP contribution in [0.5, 0.6) is 0 Å². The quantitative estimate of drug-likeness (QED) is 0.681. The molecule has 3 rings (SSSR count). The molecule has 0 radical (unpaired) electrons. The molecule has 1 aliphatic carbocycles. The van der Waals surface area contributed by atoms with E-state index < -0.39 is 16.6 Å². The smallest absolute Gasteiger partial charge is 0.224 e. The molecule has 1 unspecified atom stereocenters. The molecule has 2 N–H and O–H groups in total. The Kier molecular flexibility index (Phi) is 6.39. The first kappa shape index (κ1) is 21.1. The van der Waals surface area contributed by atoms with Crippen LogP contribution in [0, 0.1) is 5.82 Å². The molecule has 0 saturated heterocycles. The molecule has 1 amide bonds. The van der Waals surface area contributed by atoms with E-state index in [1.54, 1.807) is 30.5 Å². The van der Waals surface area contributed by atoms with Gasteiger partial charge in [0, 0.05) is 39.6 Å². The summed E-state index contributed by atoms with van der Waals surface area (Å²) in [6.45, 7) is 1.87. The molecule has 0 bridgehead atoms. The summed E-state index contributed by atoms with van der Waals surface area (Å²) in [5.74, 6) is -1.11. The van der Waals surface area contributed by atoms with Gasteiger partial charge in [0.05, 0.1) is 13.0 Å². The van der Waals surface area contributed by atoms with Crippen LogP contribution in [0.3, 0.4) is 0 Å². The number of nitrogens with one attached hydrogen (secondary N) is 1. The highest BCUT2D eigenvalue weighted by Gasteiger charge is 2.27. The number of halogens is 1. The third kappa shape index (κ3) is 4.52. The molecule has 7 heteroatoms. The van der Waals surface area contributed by atoms with Crippen molar-refractivity contribution in [3.05, 3.63) is 70.0 Å². The second kappa shape index (κ2) is 8.80. The zero-order valence-corrected chi connectivity index (χ0v) is 17.1. The van der Waals surface area contributed by atoms with Gasteiger partial charge in [0.25, 0.3) is 0 Å². The van der Waals surface area contributed by atoms with Gasteiger partial charge in [-0.25, -0.2) is 4.39 Å². The second-order valence-electron chi connectivity index (χ2n) is 6.97. The SMILES string of the molecule is CC1=C(CC(=O)NCCO)c2cc(F)cc(C(=O)c3ccc(S(C)=O)cc3)c2C1. The summed E-state index contributed by atoms with van der Waals surface area (Å²) in [7, 11) is -1.15. The lowest BCUT2D eigenvalue weighted by atomic mass is 9.93. The first-order valence-corrected chi connectivity index (χ1v) is 10.7. The van der Waals surface area contributed by atoms with E-state index in [1.165, 1.54) is 12.1 Å². The maximum Gasteiger partial charge on any atom is 0.224 e. The first-order chi connectivity index (χ1) is 13.8. The molecule has 0 saturated carbocycles. The van der Waals surface area contributed by atoms with Crippen molar-refractivity contribution in [1.29, 1.82) is 0 Å². The summed E-state index contributed by atoms with van der Waals surface area (Å²) in [5, 5.41) is 11.4. The Morgan fingerprint density at radius 1 is 1.21 bits per heavy atom. The van der Waals surface area contributed by atoms with Crippen LogP contribution in [-0.2, 0) is 22.0 Å². The highest BCUT2D eigenvalue weighted by Crippen LogP contribution is 2.38. The highest BCUT2D eigenvalue weighted by atomic mass is 32.2. The third-order valence-corrected chi connectivity index (χ3v) is 5.90. The van der Waals surface area contributed by atoms with E-state index in [0.29, 0.717) is 33.6 Å². The lowest BCUT2D eigenvalue weighted by molar-refractivity contribution is -0.120. The number of hydrogen-bond acceptors (Lipinski definition) is 4. The Labute approximate surface area is 171 Å². The zero-order valence-electron chi connectivity index (χ0n) is 16.3. The average molecular weight is 415 g/mol. The summed E-state index contributed by atoms with van der Waals surface area (Å²) >= 11 is 0. The van der Waals surface area contributed by atoms with Crippen LogP contribution in [0.1, 0.15) is 40.4 Å². The average Bonchev–Trinajstić information content (AvgIpc) is 3.00. The van der Waals surface area contributed by atoms with E-state index in [4.69, 9.17) is 5.11 Å². The molecule has 1 aliphatic rings. The monoisotopic (exact) mass is 415 g/mol. The topological polar surface area (TPSA) is 83.5 Å². The first-order valence-electron chi connectivity index (χ1n) is 9.19. The molecule has 1 atom stereocenters. The van der Waals surface area contributed by atoms with Gasteiger partial charge in [0.1, 0.15) is 5.82 Å². The molecule has 152 valence electrons. The number of fused-ring (bicyclic) bond motifs is 1. The molecule has 0 aromatic heterocycles. The van der Waals surface area contributed by atoms with Crippen molar-refractivity contribution >= 4 is 28.1 Å². The number of aliphatic hydroxyl groups excluding tert-OH is 1. The molecule has 0 fully saturated rings. The van der Waals surface area contributed by atoms with Crippen molar-refractivity contribution in [3.63, 3.8) is 0 Å². The number of ketones is 1. The Bertz CT molecular complexity index is 1030. The molecular weight excluding hydrogens is 393 g/mol. The number of carbonyl (C=O) groups excluding carboxylic acids is 2. The zero-order chi connectivity index (χ0) is 21.1. The molecule has 0 aliphatic heterocycles. The van der Waals surface area contributed by atoms with Gasteiger partial charge in [-0.05, 0) is 66.4 Å². The molecular formula is C22H22FNO4S. The molecule has 5 nitrogen and oxygen atoms in total. The largest absolute Gasteiger partial charge is 0.395 e. The van der Waals surface area contributed by atoms with Crippen molar-refractivity contribution in [2.24, 2.45) is 0 Å². The van der Waals surface area contributed by atoms with E-state index >= 15 is 0 Å². The van der Waals surface area contributed by atoms with Gasteiger partial charge in [0.15, 0.2) is 5.78 Å². The Balaban J connectivity index is 1.94. The summed E-state index contributed by atoms with van der Waals surface area (Å²) < 4.78 is 25.9. The Morgan fingerprint density at radius 2 is 1.90 bits per heavy atom. The maximum absolute atomic E-state index is 14.4. The second-order valence-corrected chi connectivity index (χ2v) is 8.35. The van der Waals surface area contributed by atoms with Crippen LogP contribution in [0.15, 0.2) is 46.9 Å². The van der Waals surface area contributed by atoms with Gasteiger partial charge in [-0.1, -0.05) is 5.57 Å². The number of rotatable bonds is 7. The van der Waals surface area contributed by atoms with Crippen molar-refractivity contribution < 1.29 is 23.3 Å². The standard InChI is InChI=1S/C22H22FNO4S/c1-13-9-18-19(17(13)12-21(26)24-7-8-25)10-15(23)11-20(18)22(27)14-3-5-16(6-4-14)29(2)28/h3-6,10-11,25H,7-9,12H2,1-2H3,(H,24,26). The fraction of sp³-hybridized carbons (Fsp3) is 0.273.